The van der Waals surface area contributed by atoms with Crippen LogP contribution in [0.2, 0.25) is 0 Å². The van der Waals surface area contributed by atoms with Crippen molar-refractivity contribution in [2.75, 3.05) is 39.0 Å². The number of likely N-dealkylation sites (tertiary alicyclic amines) is 1. The molecule has 3 rings (SSSR count). The zero-order chi connectivity index (χ0) is 20.9. The van der Waals surface area contributed by atoms with Crippen molar-refractivity contribution in [2.24, 2.45) is 4.99 Å². The molecule has 2 saturated heterocycles. The number of hydrogen-bond donors (Lipinski definition) is 1. The number of guanidine groups is 1. The van der Waals surface area contributed by atoms with Gasteiger partial charge >= 0.3 is 0 Å². The number of nitrogens with one attached hydrogen (secondary N) is 1. The molecule has 162 valence electrons. The van der Waals surface area contributed by atoms with Crippen LogP contribution in [0.25, 0.3) is 0 Å². The second kappa shape index (κ2) is 9.47. The van der Waals surface area contributed by atoms with E-state index in [9.17, 15) is 8.42 Å². The van der Waals surface area contributed by atoms with Gasteiger partial charge in [0, 0.05) is 33.2 Å². The quantitative estimate of drug-likeness (QED) is 0.599. The van der Waals surface area contributed by atoms with Gasteiger partial charge < -0.3 is 10.2 Å². The van der Waals surface area contributed by atoms with E-state index in [0.29, 0.717) is 19.6 Å². The molecule has 2 heterocycles. The van der Waals surface area contributed by atoms with Gasteiger partial charge in [-0.2, -0.15) is 0 Å². The zero-order valence-corrected chi connectivity index (χ0v) is 19.0. The van der Waals surface area contributed by atoms with Crippen molar-refractivity contribution in [2.45, 2.75) is 57.4 Å². The molecule has 0 bridgehead atoms. The summed E-state index contributed by atoms with van der Waals surface area (Å²) in [6, 6.07) is 8.60. The molecule has 29 heavy (non-hydrogen) atoms. The smallest absolute Gasteiger partial charge is 0.193 e. The highest BCUT2D eigenvalue weighted by atomic mass is 32.2. The van der Waals surface area contributed by atoms with E-state index in [0.717, 1.165) is 12.5 Å². The molecular formula is C22H36N4O2S. The third-order valence-corrected chi connectivity index (χ3v) is 8.74. The molecule has 2 fully saturated rings. The largest absolute Gasteiger partial charge is 0.352 e. The molecule has 2 aliphatic heterocycles. The molecule has 1 N–H and O–H groups in total. The number of sulfone groups is 1. The number of hydrogen-bond acceptors (Lipinski definition) is 4. The Hall–Kier alpha value is -1.60. The summed E-state index contributed by atoms with van der Waals surface area (Å²) in [6.07, 6.45) is 5.28. The fourth-order valence-electron chi connectivity index (χ4n) is 4.25. The first-order valence-corrected chi connectivity index (χ1v) is 12.4. The van der Waals surface area contributed by atoms with Crippen molar-refractivity contribution < 1.29 is 8.42 Å². The molecule has 0 saturated carbocycles. The molecule has 0 aromatic heterocycles. The first-order valence-electron chi connectivity index (χ1n) is 10.8. The van der Waals surface area contributed by atoms with Crippen molar-refractivity contribution in [1.82, 2.24) is 15.1 Å². The summed E-state index contributed by atoms with van der Waals surface area (Å²) in [4.78, 5) is 9.06. The molecule has 0 atom stereocenters. The monoisotopic (exact) mass is 420 g/mol. The van der Waals surface area contributed by atoms with Crippen LogP contribution in [0.3, 0.4) is 0 Å². The summed E-state index contributed by atoms with van der Waals surface area (Å²) in [5, 5.41) is 3.47. The van der Waals surface area contributed by atoms with E-state index < -0.39 is 14.6 Å². The average Bonchev–Trinajstić information content (AvgIpc) is 2.95. The minimum absolute atomic E-state index is 0.173. The van der Waals surface area contributed by atoms with Gasteiger partial charge in [0.2, 0.25) is 0 Å². The van der Waals surface area contributed by atoms with Crippen LogP contribution >= 0.6 is 0 Å². The lowest BCUT2D eigenvalue weighted by Crippen LogP contribution is -2.57. The van der Waals surface area contributed by atoms with Crippen LogP contribution in [0, 0.1) is 0 Å². The first kappa shape index (κ1) is 22.1. The van der Waals surface area contributed by atoms with Gasteiger partial charge in [-0.15, -0.1) is 0 Å². The Kier molecular flexibility index (Phi) is 7.22. The van der Waals surface area contributed by atoms with E-state index in [4.69, 9.17) is 0 Å². The van der Waals surface area contributed by atoms with E-state index >= 15 is 0 Å². The number of nitrogens with zero attached hydrogens (tertiary/aromatic N) is 3. The maximum atomic E-state index is 12.3. The van der Waals surface area contributed by atoms with E-state index in [1.54, 1.807) is 20.9 Å². The minimum atomic E-state index is -3.06. The molecule has 1 aromatic rings. The Morgan fingerprint density at radius 3 is 2.34 bits per heavy atom. The lowest BCUT2D eigenvalue weighted by Gasteiger charge is -2.39. The van der Waals surface area contributed by atoms with Gasteiger partial charge in [0.25, 0.3) is 0 Å². The summed E-state index contributed by atoms with van der Waals surface area (Å²) >= 11 is 0. The van der Waals surface area contributed by atoms with Gasteiger partial charge in [-0.05, 0) is 50.9 Å². The summed E-state index contributed by atoms with van der Waals surface area (Å²) in [6.45, 7) is 8.61. The second-order valence-electron chi connectivity index (χ2n) is 8.86. The third kappa shape index (κ3) is 5.51. The van der Waals surface area contributed by atoms with Gasteiger partial charge in [-0.25, -0.2) is 8.42 Å². The standard InChI is InChI=1S/C22H36N4O2S/c1-22(2)18-26(14-15-29(22,27)28)21(23-3)24-16-19-10-6-7-11-20(19)17-25-12-8-4-5-9-13-25/h6-7,10-11H,4-5,8-9,12-18H2,1-3H3,(H,23,24). The van der Waals surface area contributed by atoms with Gasteiger partial charge in [0.05, 0.1) is 10.5 Å². The average molecular weight is 421 g/mol. The number of benzene rings is 1. The Morgan fingerprint density at radius 1 is 1.07 bits per heavy atom. The summed E-state index contributed by atoms with van der Waals surface area (Å²) in [7, 11) is -1.29. The van der Waals surface area contributed by atoms with E-state index in [-0.39, 0.29) is 5.75 Å². The maximum Gasteiger partial charge on any atom is 0.193 e. The molecule has 2 aliphatic rings. The van der Waals surface area contributed by atoms with E-state index in [1.165, 1.54) is 49.9 Å². The topological polar surface area (TPSA) is 65.0 Å². The van der Waals surface area contributed by atoms with Crippen molar-refractivity contribution in [3.8, 4) is 0 Å². The minimum Gasteiger partial charge on any atom is -0.352 e. The Bertz CT molecular complexity index is 812. The molecule has 0 unspecified atom stereocenters. The molecule has 0 radical (unpaired) electrons. The Morgan fingerprint density at radius 2 is 1.72 bits per heavy atom. The fraction of sp³-hybridized carbons (Fsp3) is 0.682. The number of aliphatic imine (C=N–C) groups is 1. The molecule has 0 aliphatic carbocycles. The Balaban J connectivity index is 1.64. The molecule has 0 spiro atoms. The van der Waals surface area contributed by atoms with Crippen molar-refractivity contribution in [3.05, 3.63) is 35.4 Å². The fourth-order valence-corrected chi connectivity index (χ4v) is 5.62. The lowest BCUT2D eigenvalue weighted by molar-refractivity contribution is 0.276. The summed E-state index contributed by atoms with van der Waals surface area (Å²) in [5.41, 5.74) is 2.64. The van der Waals surface area contributed by atoms with E-state index in [1.807, 2.05) is 0 Å². The number of rotatable bonds is 4. The van der Waals surface area contributed by atoms with Gasteiger partial charge in [0.1, 0.15) is 0 Å². The third-order valence-electron chi connectivity index (χ3n) is 6.20. The predicted octanol–water partition coefficient (Wildman–Crippen LogP) is 2.65. The van der Waals surface area contributed by atoms with Crippen LogP contribution in [-0.4, -0.2) is 67.9 Å². The molecule has 6 nitrogen and oxygen atoms in total. The zero-order valence-electron chi connectivity index (χ0n) is 18.2. The summed E-state index contributed by atoms with van der Waals surface area (Å²) in [5.74, 6) is 0.948. The lowest BCUT2D eigenvalue weighted by atomic mass is 10.1. The maximum absolute atomic E-state index is 12.3. The van der Waals surface area contributed by atoms with Gasteiger partial charge in [-0.1, -0.05) is 37.1 Å². The van der Waals surface area contributed by atoms with Gasteiger partial charge in [0.15, 0.2) is 15.8 Å². The highest BCUT2D eigenvalue weighted by Crippen LogP contribution is 2.24. The van der Waals surface area contributed by atoms with Crippen molar-refractivity contribution in [3.63, 3.8) is 0 Å². The van der Waals surface area contributed by atoms with Crippen LogP contribution in [0.15, 0.2) is 29.3 Å². The normalized spacial score (nSPS) is 22.9. The highest BCUT2D eigenvalue weighted by Gasteiger charge is 2.40. The van der Waals surface area contributed by atoms with E-state index in [2.05, 4.69) is 44.4 Å². The molecule has 1 aromatic carbocycles. The molecule has 7 heteroatoms. The van der Waals surface area contributed by atoms with Gasteiger partial charge in [-0.3, -0.25) is 9.89 Å². The van der Waals surface area contributed by atoms with Crippen LogP contribution in [0.1, 0.15) is 50.7 Å². The summed E-state index contributed by atoms with van der Waals surface area (Å²) < 4.78 is 23.9. The van der Waals surface area contributed by atoms with Crippen molar-refractivity contribution >= 4 is 15.8 Å². The van der Waals surface area contributed by atoms with Crippen LogP contribution in [-0.2, 0) is 22.9 Å². The molecule has 0 amide bonds. The van der Waals surface area contributed by atoms with Crippen LogP contribution in [0.4, 0.5) is 0 Å². The molecular weight excluding hydrogens is 384 g/mol. The van der Waals surface area contributed by atoms with Crippen LogP contribution < -0.4 is 5.32 Å². The second-order valence-corrected chi connectivity index (χ2v) is 11.6. The predicted molar refractivity (Wildman–Crippen MR) is 120 cm³/mol. The van der Waals surface area contributed by atoms with Crippen LogP contribution in [0.5, 0.6) is 0 Å². The Labute approximate surface area is 176 Å². The van der Waals surface area contributed by atoms with Crippen molar-refractivity contribution in [1.29, 1.82) is 0 Å². The first-order chi connectivity index (χ1) is 13.8. The highest BCUT2D eigenvalue weighted by molar-refractivity contribution is 7.92. The SMILES string of the molecule is CN=C(NCc1ccccc1CN1CCCCCC1)N1CCS(=O)(=O)C(C)(C)C1.